The van der Waals surface area contributed by atoms with Crippen molar-refractivity contribution in [2.75, 3.05) is 65.7 Å². The quantitative estimate of drug-likeness (QED) is 0.431. The highest BCUT2D eigenvalue weighted by atomic mass is 79.9. The highest BCUT2D eigenvalue weighted by Gasteiger charge is 2.16. The summed E-state index contributed by atoms with van der Waals surface area (Å²) in [6, 6.07) is 0. The molecule has 1 aromatic heterocycles. The molecule has 0 radical (unpaired) electrons. The van der Waals surface area contributed by atoms with Gasteiger partial charge in [0.1, 0.15) is 26.2 Å². The molecule has 2 N–H and O–H groups in total. The van der Waals surface area contributed by atoms with Gasteiger partial charge in [-0.25, -0.2) is 0 Å². The number of nitrogens with zero attached hydrogens (tertiary/aromatic N) is 4. The second-order valence-electron chi connectivity index (χ2n) is 5.96. The van der Waals surface area contributed by atoms with Crippen molar-refractivity contribution in [3.63, 3.8) is 0 Å². The van der Waals surface area contributed by atoms with Gasteiger partial charge in [-0.05, 0) is 0 Å². The van der Waals surface area contributed by atoms with Crippen molar-refractivity contribution < 1.29 is 53.2 Å². The van der Waals surface area contributed by atoms with Crippen LogP contribution in [-0.4, -0.2) is 86.1 Å². The number of hydrogen-bond acceptors (Lipinski definition) is 6. The molecule has 8 nitrogen and oxygen atoms in total. The van der Waals surface area contributed by atoms with Crippen molar-refractivity contribution in [2.45, 2.75) is 12.8 Å². The molecule has 2 fully saturated rings. The lowest BCUT2D eigenvalue weighted by Crippen LogP contribution is -3.14. The molecule has 0 spiro atoms. The van der Waals surface area contributed by atoms with E-state index < -0.39 is 0 Å². The van der Waals surface area contributed by atoms with Crippen molar-refractivity contribution in [1.29, 1.82) is 0 Å². The van der Waals surface area contributed by atoms with Gasteiger partial charge in [-0.1, -0.05) is 0 Å². The maximum Gasteiger partial charge on any atom is 0.179 e. The zero-order chi connectivity index (χ0) is 15.0. The summed E-state index contributed by atoms with van der Waals surface area (Å²) in [5.41, 5.74) is 0. The van der Waals surface area contributed by atoms with Crippen LogP contribution in [0.5, 0.6) is 0 Å². The molecular formula is C14H26Br2N6O2. The lowest BCUT2D eigenvalue weighted by Gasteiger charge is -2.23. The van der Waals surface area contributed by atoms with Crippen molar-refractivity contribution in [2.24, 2.45) is 0 Å². The number of morpholine rings is 2. The van der Waals surface area contributed by atoms with Crippen molar-refractivity contribution in [3.8, 4) is 0 Å². The van der Waals surface area contributed by atoms with E-state index in [0.717, 1.165) is 90.2 Å². The van der Waals surface area contributed by atoms with Crippen LogP contribution in [-0.2, 0) is 22.3 Å². The normalized spacial score (nSPS) is 19.3. The fourth-order valence-electron chi connectivity index (χ4n) is 2.87. The molecule has 2 aliphatic rings. The average molecular weight is 470 g/mol. The lowest BCUT2D eigenvalue weighted by molar-refractivity contribution is -0.908. The summed E-state index contributed by atoms with van der Waals surface area (Å²) >= 11 is 0. The molecule has 10 heteroatoms. The molecule has 0 aromatic carbocycles. The number of ether oxygens (including phenoxy) is 2. The fourth-order valence-corrected chi connectivity index (χ4v) is 2.87. The topological polar surface area (TPSA) is 78.9 Å². The Morgan fingerprint density at radius 3 is 1.29 bits per heavy atom. The van der Waals surface area contributed by atoms with Gasteiger partial charge in [0.05, 0.1) is 52.4 Å². The van der Waals surface area contributed by atoms with Crippen LogP contribution in [0.25, 0.3) is 0 Å². The van der Waals surface area contributed by atoms with E-state index >= 15 is 0 Å². The Hall–Kier alpha value is -0.260. The predicted octanol–water partition coefficient (Wildman–Crippen LogP) is -9.81. The van der Waals surface area contributed by atoms with Crippen LogP contribution in [0.15, 0.2) is 0 Å². The van der Waals surface area contributed by atoms with E-state index in [1.54, 1.807) is 9.80 Å². The summed E-state index contributed by atoms with van der Waals surface area (Å²) in [4.78, 5) is 3.10. The zero-order valence-electron chi connectivity index (χ0n) is 13.8. The largest absolute Gasteiger partial charge is 1.00 e. The van der Waals surface area contributed by atoms with E-state index in [0.29, 0.717) is 0 Å². The summed E-state index contributed by atoms with van der Waals surface area (Å²) in [5.74, 6) is 1.50. The first-order valence-corrected chi connectivity index (χ1v) is 8.28. The van der Waals surface area contributed by atoms with Gasteiger partial charge < -0.3 is 53.2 Å². The third-order valence-electron chi connectivity index (χ3n) is 4.37. The molecule has 2 saturated heterocycles. The van der Waals surface area contributed by atoms with Gasteiger partial charge in [-0.3, -0.25) is 0 Å². The molecule has 1 aromatic rings. The van der Waals surface area contributed by atoms with Crippen molar-refractivity contribution >= 4 is 0 Å². The van der Waals surface area contributed by atoms with E-state index in [9.17, 15) is 0 Å². The molecule has 2 aliphatic heterocycles. The third kappa shape index (κ3) is 7.32. The average Bonchev–Trinajstić information content (AvgIpc) is 2.61. The number of aromatic nitrogens is 4. The van der Waals surface area contributed by atoms with Gasteiger partial charge >= 0.3 is 0 Å². The second-order valence-corrected chi connectivity index (χ2v) is 5.96. The molecule has 3 heterocycles. The van der Waals surface area contributed by atoms with E-state index in [4.69, 9.17) is 9.47 Å². The molecule has 24 heavy (non-hydrogen) atoms. The molecule has 0 unspecified atom stereocenters. The van der Waals surface area contributed by atoms with E-state index in [1.807, 2.05) is 0 Å². The first-order valence-electron chi connectivity index (χ1n) is 8.28. The summed E-state index contributed by atoms with van der Waals surface area (Å²) in [6.07, 6.45) is 1.68. The highest BCUT2D eigenvalue weighted by molar-refractivity contribution is 4.82. The Kier molecular flexibility index (Phi) is 11.0. The number of nitrogens with one attached hydrogen (secondary N) is 2. The number of rotatable bonds is 6. The van der Waals surface area contributed by atoms with Crippen LogP contribution in [0.1, 0.15) is 11.6 Å². The Morgan fingerprint density at radius 2 is 0.958 bits per heavy atom. The van der Waals surface area contributed by atoms with Crippen molar-refractivity contribution in [3.05, 3.63) is 11.6 Å². The van der Waals surface area contributed by atoms with Crippen LogP contribution in [0.4, 0.5) is 0 Å². The number of halogens is 2. The minimum Gasteiger partial charge on any atom is -1.00 e. The third-order valence-corrected chi connectivity index (χ3v) is 4.37. The van der Waals surface area contributed by atoms with Gasteiger partial charge in [0.25, 0.3) is 0 Å². The minimum atomic E-state index is 0. The van der Waals surface area contributed by atoms with Crippen LogP contribution < -0.4 is 43.8 Å². The smallest absolute Gasteiger partial charge is 0.179 e. The predicted molar refractivity (Wildman–Crippen MR) is 77.8 cm³/mol. The Bertz CT molecular complexity index is 400. The van der Waals surface area contributed by atoms with Crippen molar-refractivity contribution in [1.82, 2.24) is 20.4 Å². The van der Waals surface area contributed by atoms with E-state index in [2.05, 4.69) is 20.4 Å². The molecule has 0 amide bonds. The van der Waals surface area contributed by atoms with Crippen LogP contribution in [0.3, 0.4) is 0 Å². The highest BCUT2D eigenvalue weighted by Crippen LogP contribution is 1.89. The number of hydrogen-bond donors (Lipinski definition) is 2. The van der Waals surface area contributed by atoms with Crippen LogP contribution >= 0.6 is 0 Å². The second kappa shape index (κ2) is 12.2. The zero-order valence-corrected chi connectivity index (χ0v) is 17.0. The Morgan fingerprint density at radius 1 is 0.625 bits per heavy atom. The molecule has 0 bridgehead atoms. The maximum absolute atomic E-state index is 5.36. The summed E-state index contributed by atoms with van der Waals surface area (Å²) in [7, 11) is 0. The molecule has 138 valence electrons. The fraction of sp³-hybridized carbons (Fsp3) is 0.857. The van der Waals surface area contributed by atoms with Gasteiger partial charge in [-0.15, -0.1) is 20.4 Å². The summed E-state index contributed by atoms with van der Waals surface area (Å²) in [6.45, 7) is 9.77. The first-order chi connectivity index (χ1) is 10.9. The molecule has 0 aliphatic carbocycles. The van der Waals surface area contributed by atoms with Crippen LogP contribution in [0.2, 0.25) is 0 Å². The van der Waals surface area contributed by atoms with Gasteiger partial charge in [0, 0.05) is 0 Å². The first kappa shape index (κ1) is 21.8. The Balaban J connectivity index is 0.00000144. The maximum atomic E-state index is 5.36. The molecular weight excluding hydrogens is 444 g/mol. The van der Waals surface area contributed by atoms with Gasteiger partial charge in [0.2, 0.25) is 0 Å². The standard InChI is InChI=1S/C14H24N6O2.2BrH/c1(3-19-5-9-21-10-6-19)13-15-17-14(18-16-13)2-4-20-7-11-22-12-8-20;;/h1-12H2;2*1H. The van der Waals surface area contributed by atoms with E-state index in [1.165, 1.54) is 0 Å². The van der Waals surface area contributed by atoms with Crippen LogP contribution in [0, 0.1) is 0 Å². The number of quaternary nitrogens is 2. The van der Waals surface area contributed by atoms with E-state index in [-0.39, 0.29) is 34.0 Å². The van der Waals surface area contributed by atoms with Gasteiger partial charge in [0.15, 0.2) is 11.6 Å². The summed E-state index contributed by atoms with van der Waals surface area (Å²) < 4.78 is 10.7. The summed E-state index contributed by atoms with van der Waals surface area (Å²) in [5, 5.41) is 16.9. The monoisotopic (exact) mass is 468 g/mol. The van der Waals surface area contributed by atoms with Gasteiger partial charge in [-0.2, -0.15) is 0 Å². The SMILES string of the molecule is C1C[NH+](CCc2nnc(CC[NH+]3CCOCC3)nn2)CCO1.[Br-].[Br-]. The minimum absolute atomic E-state index is 0. The lowest BCUT2D eigenvalue weighted by atomic mass is 10.3. The molecule has 0 saturated carbocycles. The molecule has 0 atom stereocenters. The Labute approximate surface area is 163 Å². The molecule has 3 rings (SSSR count).